The van der Waals surface area contributed by atoms with Gasteiger partial charge in [0, 0.05) is 18.2 Å². The van der Waals surface area contributed by atoms with Gasteiger partial charge >= 0.3 is 5.97 Å². The molecule has 1 aliphatic carbocycles. The Kier molecular flexibility index (Phi) is 3.23. The van der Waals surface area contributed by atoms with Crippen LogP contribution in [0.15, 0.2) is 16.8 Å². The normalized spacial score (nSPS) is 12.5. The summed E-state index contributed by atoms with van der Waals surface area (Å²) >= 11 is 6.30. The second-order valence-corrected chi connectivity index (χ2v) is 4.47. The van der Waals surface area contributed by atoms with Gasteiger partial charge in [0.2, 0.25) is 0 Å². The topological polar surface area (TPSA) is 78.1 Å². The van der Waals surface area contributed by atoms with Crippen molar-refractivity contribution in [3.63, 3.8) is 0 Å². The van der Waals surface area contributed by atoms with E-state index < -0.39 is 5.97 Å². The highest BCUT2D eigenvalue weighted by Gasteiger charge is 2.21. The molecule has 0 radical (unpaired) electrons. The molecule has 20 heavy (non-hydrogen) atoms. The van der Waals surface area contributed by atoms with Crippen LogP contribution in [0, 0.1) is 0 Å². The lowest BCUT2D eigenvalue weighted by Gasteiger charge is -2.03. The fourth-order valence-corrected chi connectivity index (χ4v) is 2.22. The Morgan fingerprint density at radius 3 is 3.20 bits per heavy atom. The Morgan fingerprint density at radius 2 is 2.40 bits per heavy atom. The summed E-state index contributed by atoms with van der Waals surface area (Å²) in [7, 11) is 0. The molecule has 6 nitrogen and oxygen atoms in total. The number of fused-ring (bicyclic) bond motifs is 1. The Labute approximate surface area is 119 Å². The number of esters is 1. The van der Waals surface area contributed by atoms with Crippen LogP contribution in [-0.2, 0) is 11.2 Å². The van der Waals surface area contributed by atoms with Crippen molar-refractivity contribution in [2.45, 2.75) is 13.3 Å². The number of ether oxygens (including phenoxy) is 1. The summed E-state index contributed by atoms with van der Waals surface area (Å²) in [5, 5.41) is 4.07. The predicted molar refractivity (Wildman–Crippen MR) is 71.2 cm³/mol. The number of hydrogen-bond acceptors (Lipinski definition) is 6. The molecule has 102 valence electrons. The smallest absolute Gasteiger partial charge is 0.379 e. The van der Waals surface area contributed by atoms with E-state index in [0.29, 0.717) is 10.6 Å². The summed E-state index contributed by atoms with van der Waals surface area (Å²) in [6, 6.07) is 0. The number of aromatic nitrogens is 3. The number of hydrogen-bond donors (Lipinski definition) is 0. The van der Waals surface area contributed by atoms with Crippen molar-refractivity contribution < 1.29 is 14.1 Å². The molecule has 0 aromatic carbocycles. The summed E-state index contributed by atoms with van der Waals surface area (Å²) in [5.41, 5.74) is 2.25. The van der Waals surface area contributed by atoms with Crippen LogP contribution in [0.5, 0.6) is 0 Å². The number of carbonyl (C=O) groups excluding carboxylic acids is 1. The van der Waals surface area contributed by atoms with Crippen molar-refractivity contribution in [1.82, 2.24) is 15.1 Å². The molecule has 7 heteroatoms. The minimum atomic E-state index is -0.632. The zero-order chi connectivity index (χ0) is 14.1. The first-order valence-corrected chi connectivity index (χ1v) is 6.43. The molecule has 0 aliphatic heterocycles. The predicted octanol–water partition coefficient (Wildman–Crippen LogP) is 2.53. The van der Waals surface area contributed by atoms with Crippen LogP contribution in [0.3, 0.4) is 0 Å². The monoisotopic (exact) mass is 291 g/mol. The van der Waals surface area contributed by atoms with E-state index in [4.69, 9.17) is 20.9 Å². The molecule has 0 saturated carbocycles. The number of pyridine rings is 1. The molecule has 0 atom stereocenters. The summed E-state index contributed by atoms with van der Waals surface area (Å²) in [6.45, 7) is 1.95. The SMILES string of the molecule is CCOC(=O)c1noc(-c2cnc3c(c2Cl)C=CC3)n1. The average molecular weight is 292 g/mol. The third-order valence-corrected chi connectivity index (χ3v) is 3.25. The zero-order valence-electron chi connectivity index (χ0n) is 10.6. The van der Waals surface area contributed by atoms with Crippen LogP contribution in [0.1, 0.15) is 28.8 Å². The van der Waals surface area contributed by atoms with Gasteiger partial charge in [-0.2, -0.15) is 4.98 Å². The molecule has 2 heterocycles. The lowest BCUT2D eigenvalue weighted by Crippen LogP contribution is -2.06. The lowest BCUT2D eigenvalue weighted by atomic mass is 10.1. The highest BCUT2D eigenvalue weighted by Crippen LogP contribution is 2.33. The molecule has 2 aromatic heterocycles. The van der Waals surface area contributed by atoms with Crippen LogP contribution in [0.2, 0.25) is 5.02 Å². The van der Waals surface area contributed by atoms with E-state index in [1.807, 2.05) is 12.2 Å². The van der Waals surface area contributed by atoms with E-state index in [0.717, 1.165) is 17.7 Å². The summed E-state index contributed by atoms with van der Waals surface area (Å²) < 4.78 is 9.85. The van der Waals surface area contributed by atoms with Gasteiger partial charge in [-0.05, 0) is 12.1 Å². The largest absolute Gasteiger partial charge is 0.460 e. The number of allylic oxidation sites excluding steroid dienone is 1. The van der Waals surface area contributed by atoms with E-state index in [1.54, 1.807) is 13.1 Å². The van der Waals surface area contributed by atoms with Gasteiger partial charge in [0.25, 0.3) is 11.7 Å². The quantitative estimate of drug-likeness (QED) is 0.809. The van der Waals surface area contributed by atoms with Crippen LogP contribution < -0.4 is 0 Å². The van der Waals surface area contributed by atoms with Crippen molar-refractivity contribution >= 4 is 23.6 Å². The van der Waals surface area contributed by atoms with Crippen molar-refractivity contribution in [2.75, 3.05) is 6.61 Å². The maximum absolute atomic E-state index is 11.5. The Bertz CT molecular complexity index is 709. The van der Waals surface area contributed by atoms with Gasteiger partial charge in [-0.25, -0.2) is 4.79 Å². The van der Waals surface area contributed by atoms with Crippen molar-refractivity contribution in [3.05, 3.63) is 34.4 Å². The first-order chi connectivity index (χ1) is 9.70. The zero-order valence-corrected chi connectivity index (χ0v) is 11.3. The van der Waals surface area contributed by atoms with E-state index >= 15 is 0 Å². The number of rotatable bonds is 3. The number of nitrogens with zero attached hydrogens (tertiary/aromatic N) is 3. The van der Waals surface area contributed by atoms with Crippen LogP contribution in [0.25, 0.3) is 17.5 Å². The minimum Gasteiger partial charge on any atom is -0.460 e. The first-order valence-electron chi connectivity index (χ1n) is 6.05. The summed E-state index contributed by atoms with van der Waals surface area (Å²) in [6.07, 6.45) is 6.20. The van der Waals surface area contributed by atoms with E-state index in [2.05, 4.69) is 15.1 Å². The number of carbonyl (C=O) groups is 1. The van der Waals surface area contributed by atoms with Crippen molar-refractivity contribution in [1.29, 1.82) is 0 Å². The molecule has 0 spiro atoms. The molecule has 0 saturated heterocycles. The van der Waals surface area contributed by atoms with Crippen molar-refractivity contribution in [3.8, 4) is 11.5 Å². The van der Waals surface area contributed by atoms with Gasteiger partial charge in [-0.15, -0.1) is 0 Å². The third kappa shape index (κ3) is 2.08. The van der Waals surface area contributed by atoms with E-state index in [9.17, 15) is 4.79 Å². The molecular weight excluding hydrogens is 282 g/mol. The van der Waals surface area contributed by atoms with Gasteiger partial charge in [-0.1, -0.05) is 23.8 Å². The standard InChI is InChI=1S/C13H10ClN3O3/c1-2-19-13(18)11-16-12(20-17-11)8-6-15-9-5-3-4-7(9)10(8)14/h3-4,6H,2,5H2,1H3. The molecule has 3 rings (SSSR count). The van der Waals surface area contributed by atoms with Crippen LogP contribution >= 0.6 is 11.6 Å². The molecular formula is C13H10ClN3O3. The summed E-state index contributed by atoms with van der Waals surface area (Å²) in [5.74, 6) is -0.616. The maximum Gasteiger partial charge on any atom is 0.379 e. The van der Waals surface area contributed by atoms with Gasteiger partial charge < -0.3 is 9.26 Å². The third-order valence-electron chi connectivity index (χ3n) is 2.84. The Hall–Kier alpha value is -2.21. The van der Waals surface area contributed by atoms with Gasteiger partial charge in [0.1, 0.15) is 0 Å². The van der Waals surface area contributed by atoms with Gasteiger partial charge in [-0.3, -0.25) is 4.98 Å². The fourth-order valence-electron chi connectivity index (χ4n) is 1.92. The second-order valence-electron chi connectivity index (χ2n) is 4.10. The van der Waals surface area contributed by atoms with E-state index in [-0.39, 0.29) is 18.3 Å². The highest BCUT2D eigenvalue weighted by atomic mass is 35.5. The molecule has 0 unspecified atom stereocenters. The van der Waals surface area contributed by atoms with E-state index in [1.165, 1.54) is 0 Å². The summed E-state index contributed by atoms with van der Waals surface area (Å²) in [4.78, 5) is 19.8. The molecule has 2 aromatic rings. The first kappa shape index (κ1) is 12.8. The van der Waals surface area contributed by atoms with Crippen molar-refractivity contribution in [2.24, 2.45) is 0 Å². The van der Waals surface area contributed by atoms with Crippen LogP contribution in [-0.4, -0.2) is 27.7 Å². The molecule has 0 amide bonds. The highest BCUT2D eigenvalue weighted by molar-refractivity contribution is 6.34. The van der Waals surface area contributed by atoms with Gasteiger partial charge in [0.05, 0.1) is 22.9 Å². The van der Waals surface area contributed by atoms with Crippen LogP contribution in [0.4, 0.5) is 0 Å². The fraction of sp³-hybridized carbons (Fsp3) is 0.231. The maximum atomic E-state index is 11.5. The molecule has 1 aliphatic rings. The molecule has 0 bridgehead atoms. The Morgan fingerprint density at radius 1 is 1.55 bits per heavy atom. The second kappa shape index (κ2) is 5.05. The average Bonchev–Trinajstić information content (AvgIpc) is 3.08. The minimum absolute atomic E-state index is 0.131. The Balaban J connectivity index is 1.98. The number of halogens is 1. The molecule has 0 N–H and O–H groups in total. The molecule has 0 fully saturated rings. The van der Waals surface area contributed by atoms with Gasteiger partial charge in [0.15, 0.2) is 0 Å². The lowest BCUT2D eigenvalue weighted by molar-refractivity contribution is 0.0508.